The minimum absolute atomic E-state index is 0.0266. The molecule has 0 radical (unpaired) electrons. The summed E-state index contributed by atoms with van der Waals surface area (Å²) >= 11 is 0. The van der Waals surface area contributed by atoms with Gasteiger partial charge >= 0.3 is 0 Å². The molecule has 25 heavy (non-hydrogen) atoms. The van der Waals surface area contributed by atoms with Gasteiger partial charge in [-0.05, 0) is 18.2 Å². The van der Waals surface area contributed by atoms with Gasteiger partial charge in [-0.15, -0.1) is 0 Å². The maximum Gasteiger partial charge on any atom is 0.232 e. The first-order valence-corrected chi connectivity index (χ1v) is 7.43. The van der Waals surface area contributed by atoms with Crippen LogP contribution in [0.5, 0.6) is 0 Å². The molecule has 0 atom stereocenters. The molecular weight excluding hydrogens is 323 g/mol. The summed E-state index contributed by atoms with van der Waals surface area (Å²) in [6.07, 6.45) is 1.28. The Hall–Kier alpha value is -3.55. The van der Waals surface area contributed by atoms with Crippen molar-refractivity contribution in [2.75, 3.05) is 11.1 Å². The second kappa shape index (κ2) is 7.82. The Morgan fingerprint density at radius 3 is 2.60 bits per heavy atom. The van der Waals surface area contributed by atoms with E-state index in [1.54, 1.807) is 18.2 Å². The van der Waals surface area contributed by atoms with Crippen molar-refractivity contribution in [2.45, 2.75) is 6.61 Å². The van der Waals surface area contributed by atoms with Crippen LogP contribution in [0.3, 0.4) is 0 Å². The number of rotatable bonds is 6. The second-order valence-corrected chi connectivity index (χ2v) is 4.95. The van der Waals surface area contributed by atoms with E-state index >= 15 is 0 Å². The molecule has 1 heterocycles. The number of hydrogen-bond acceptors (Lipinski definition) is 7. The Kier molecular flexibility index (Phi) is 5.10. The van der Waals surface area contributed by atoms with Crippen molar-refractivity contribution in [1.82, 2.24) is 15.0 Å². The van der Waals surface area contributed by atoms with Gasteiger partial charge in [0.1, 0.15) is 5.82 Å². The molecule has 0 aliphatic carbocycles. The Labute approximate surface area is 143 Å². The topological polar surface area (TPSA) is 98.3 Å². The lowest BCUT2D eigenvalue weighted by atomic mass is 10.2. The fourth-order valence-electron chi connectivity index (χ4n) is 1.98. The minimum Gasteiger partial charge on any atom is -0.388 e. The number of oxime groups is 1. The molecule has 2 aromatic carbocycles. The molecule has 3 N–H and O–H groups in total. The van der Waals surface area contributed by atoms with E-state index in [-0.39, 0.29) is 18.4 Å². The highest BCUT2D eigenvalue weighted by Gasteiger charge is 2.05. The average Bonchev–Trinajstić information content (AvgIpc) is 2.60. The van der Waals surface area contributed by atoms with Gasteiger partial charge in [0.15, 0.2) is 12.4 Å². The summed E-state index contributed by atoms with van der Waals surface area (Å²) in [5.41, 5.74) is 6.82. The number of nitrogens with one attached hydrogen (secondary N) is 1. The van der Waals surface area contributed by atoms with E-state index in [4.69, 9.17) is 10.6 Å². The van der Waals surface area contributed by atoms with Crippen LogP contribution in [-0.2, 0) is 11.4 Å². The maximum absolute atomic E-state index is 13.4. The number of nitrogen functional groups attached to an aromatic ring is 1. The second-order valence-electron chi connectivity index (χ2n) is 4.95. The van der Waals surface area contributed by atoms with Crippen LogP contribution in [0.2, 0.25) is 0 Å². The summed E-state index contributed by atoms with van der Waals surface area (Å²) in [5.74, 6) is 0.283. The van der Waals surface area contributed by atoms with Crippen LogP contribution in [-0.4, -0.2) is 21.2 Å². The van der Waals surface area contributed by atoms with Crippen molar-refractivity contribution < 1.29 is 9.23 Å². The van der Waals surface area contributed by atoms with Crippen molar-refractivity contribution in [3.8, 4) is 0 Å². The highest BCUT2D eigenvalue weighted by atomic mass is 19.1. The normalized spacial score (nSPS) is 10.8. The lowest BCUT2D eigenvalue weighted by molar-refractivity contribution is 0.126. The predicted octanol–water partition coefficient (Wildman–Crippen LogP) is 2.89. The van der Waals surface area contributed by atoms with Gasteiger partial charge in [-0.2, -0.15) is 15.0 Å². The van der Waals surface area contributed by atoms with Crippen LogP contribution >= 0.6 is 0 Å². The first-order chi connectivity index (χ1) is 12.2. The molecule has 0 bridgehead atoms. The zero-order valence-electron chi connectivity index (χ0n) is 13.1. The SMILES string of the molecule is Nc1nc(CO/N=C\c2ccccc2F)nc(Nc2ccccc2)n1. The molecule has 3 aromatic rings. The first-order valence-electron chi connectivity index (χ1n) is 7.43. The standard InChI is InChI=1S/C17H15FN6O/c18-14-9-5-4-6-12(14)10-20-25-11-15-22-16(19)24-17(23-15)21-13-7-2-1-3-8-13/h1-10H,11H2,(H3,19,21,22,23,24)/b20-10-. The smallest absolute Gasteiger partial charge is 0.232 e. The Morgan fingerprint density at radius 2 is 1.80 bits per heavy atom. The number of nitrogens with two attached hydrogens (primary N) is 1. The monoisotopic (exact) mass is 338 g/mol. The molecule has 0 amide bonds. The lowest BCUT2D eigenvalue weighted by Crippen LogP contribution is -2.07. The van der Waals surface area contributed by atoms with E-state index in [0.29, 0.717) is 17.3 Å². The third kappa shape index (κ3) is 4.71. The summed E-state index contributed by atoms with van der Waals surface area (Å²) in [6, 6.07) is 15.6. The molecule has 0 spiro atoms. The van der Waals surface area contributed by atoms with Crippen LogP contribution in [0.15, 0.2) is 59.8 Å². The zero-order valence-corrected chi connectivity index (χ0v) is 13.1. The van der Waals surface area contributed by atoms with Gasteiger partial charge in [-0.25, -0.2) is 4.39 Å². The third-order valence-electron chi connectivity index (χ3n) is 3.09. The average molecular weight is 338 g/mol. The fourth-order valence-corrected chi connectivity index (χ4v) is 1.98. The number of nitrogens with zero attached hydrogens (tertiary/aromatic N) is 4. The number of halogens is 1. The summed E-state index contributed by atoms with van der Waals surface area (Å²) in [6.45, 7) is -0.0266. The molecule has 7 nitrogen and oxygen atoms in total. The van der Waals surface area contributed by atoms with Gasteiger partial charge in [-0.3, -0.25) is 0 Å². The molecule has 3 rings (SSSR count). The van der Waals surface area contributed by atoms with Crippen molar-refractivity contribution in [3.05, 3.63) is 71.8 Å². The fraction of sp³-hybridized carbons (Fsp3) is 0.0588. The van der Waals surface area contributed by atoms with Crippen LogP contribution < -0.4 is 11.1 Å². The Balaban J connectivity index is 1.64. The van der Waals surface area contributed by atoms with Gasteiger partial charge in [-0.1, -0.05) is 41.6 Å². The molecular formula is C17H15FN6O. The lowest BCUT2D eigenvalue weighted by Gasteiger charge is -2.06. The molecule has 1 aromatic heterocycles. The van der Waals surface area contributed by atoms with E-state index in [2.05, 4.69) is 25.4 Å². The highest BCUT2D eigenvalue weighted by molar-refractivity contribution is 5.79. The Bertz CT molecular complexity index is 872. The van der Waals surface area contributed by atoms with E-state index in [0.717, 1.165) is 5.69 Å². The molecule has 126 valence electrons. The van der Waals surface area contributed by atoms with Gasteiger partial charge in [0.05, 0.1) is 6.21 Å². The number of benzene rings is 2. The Morgan fingerprint density at radius 1 is 1.04 bits per heavy atom. The molecule has 0 unspecified atom stereocenters. The van der Waals surface area contributed by atoms with Gasteiger partial charge in [0.2, 0.25) is 11.9 Å². The molecule has 8 heteroatoms. The van der Waals surface area contributed by atoms with E-state index in [1.165, 1.54) is 12.3 Å². The number of para-hydroxylation sites is 1. The zero-order chi connectivity index (χ0) is 17.5. The van der Waals surface area contributed by atoms with Crippen molar-refractivity contribution in [3.63, 3.8) is 0 Å². The summed E-state index contributed by atoms with van der Waals surface area (Å²) in [4.78, 5) is 17.3. The molecule has 0 fully saturated rings. The molecule has 0 aliphatic rings. The first kappa shape index (κ1) is 16.3. The summed E-state index contributed by atoms with van der Waals surface area (Å²) in [7, 11) is 0. The van der Waals surface area contributed by atoms with Gasteiger partial charge < -0.3 is 15.9 Å². The molecule has 0 saturated carbocycles. The quantitative estimate of drug-likeness (QED) is 0.530. The van der Waals surface area contributed by atoms with E-state index in [9.17, 15) is 4.39 Å². The molecule has 0 aliphatic heterocycles. The number of anilines is 3. The largest absolute Gasteiger partial charge is 0.388 e. The minimum atomic E-state index is -0.381. The van der Waals surface area contributed by atoms with Crippen molar-refractivity contribution in [1.29, 1.82) is 0 Å². The molecule has 0 saturated heterocycles. The number of hydrogen-bond donors (Lipinski definition) is 2. The van der Waals surface area contributed by atoms with Crippen LogP contribution in [0.4, 0.5) is 22.0 Å². The van der Waals surface area contributed by atoms with Crippen molar-refractivity contribution in [2.24, 2.45) is 5.16 Å². The summed E-state index contributed by atoms with van der Waals surface area (Å²) < 4.78 is 13.4. The maximum atomic E-state index is 13.4. The van der Waals surface area contributed by atoms with Crippen LogP contribution in [0, 0.1) is 5.82 Å². The van der Waals surface area contributed by atoms with E-state index in [1.807, 2.05) is 30.3 Å². The van der Waals surface area contributed by atoms with Gasteiger partial charge in [0.25, 0.3) is 0 Å². The number of aromatic nitrogens is 3. The van der Waals surface area contributed by atoms with Crippen LogP contribution in [0.25, 0.3) is 0 Å². The summed E-state index contributed by atoms with van der Waals surface area (Å²) in [5, 5.41) is 6.74. The third-order valence-corrected chi connectivity index (χ3v) is 3.09. The van der Waals surface area contributed by atoms with E-state index < -0.39 is 0 Å². The highest BCUT2D eigenvalue weighted by Crippen LogP contribution is 2.13. The van der Waals surface area contributed by atoms with Crippen LogP contribution in [0.1, 0.15) is 11.4 Å². The van der Waals surface area contributed by atoms with Crippen molar-refractivity contribution >= 4 is 23.8 Å². The van der Waals surface area contributed by atoms with Gasteiger partial charge in [0, 0.05) is 11.3 Å². The predicted molar refractivity (Wildman–Crippen MR) is 92.7 cm³/mol.